The molecule has 0 amide bonds. The lowest BCUT2D eigenvalue weighted by Crippen LogP contribution is -2.07. The molecule has 26 heavy (non-hydrogen) atoms. The van der Waals surface area contributed by atoms with Gasteiger partial charge in [0, 0.05) is 36.3 Å². The van der Waals surface area contributed by atoms with E-state index in [1.54, 1.807) is 16.9 Å². The molecule has 0 saturated heterocycles. The van der Waals surface area contributed by atoms with Crippen LogP contribution < -0.4 is 10.1 Å². The Labute approximate surface area is 150 Å². The van der Waals surface area contributed by atoms with Crippen LogP contribution in [0.3, 0.4) is 0 Å². The fourth-order valence-corrected chi connectivity index (χ4v) is 2.60. The van der Waals surface area contributed by atoms with Gasteiger partial charge in [-0.3, -0.25) is 4.98 Å². The smallest absolute Gasteiger partial charge is 0.254 e. The maximum Gasteiger partial charge on any atom is 0.254 e. The summed E-state index contributed by atoms with van der Waals surface area (Å²) in [4.78, 5) is 12.6. The average Bonchev–Trinajstić information content (AvgIpc) is 3.14. The summed E-state index contributed by atoms with van der Waals surface area (Å²) in [7, 11) is 0. The zero-order valence-electron chi connectivity index (χ0n) is 14.3. The first-order valence-corrected chi connectivity index (χ1v) is 8.30. The molecule has 0 aliphatic rings. The van der Waals surface area contributed by atoms with Crippen LogP contribution in [0.5, 0.6) is 5.75 Å². The molecule has 1 aromatic carbocycles. The quantitative estimate of drug-likeness (QED) is 0.578. The molecular weight excluding hydrogens is 328 g/mol. The molecule has 0 radical (unpaired) electrons. The minimum atomic E-state index is 0.506. The summed E-state index contributed by atoms with van der Waals surface area (Å²) in [5, 5.41) is 7.57. The Morgan fingerprint density at radius 3 is 2.81 bits per heavy atom. The number of benzene rings is 1. The van der Waals surface area contributed by atoms with Crippen molar-refractivity contribution in [3.05, 3.63) is 78.0 Å². The number of anilines is 1. The number of aromatic nitrogens is 5. The molecule has 0 aliphatic carbocycles. The van der Waals surface area contributed by atoms with Gasteiger partial charge >= 0.3 is 0 Å². The summed E-state index contributed by atoms with van der Waals surface area (Å²) in [6, 6.07) is 13.9. The lowest BCUT2D eigenvalue weighted by Gasteiger charge is -2.10. The van der Waals surface area contributed by atoms with Crippen molar-refractivity contribution in [2.45, 2.75) is 20.1 Å². The van der Waals surface area contributed by atoms with Crippen LogP contribution >= 0.6 is 0 Å². The van der Waals surface area contributed by atoms with Gasteiger partial charge in [-0.2, -0.15) is 14.6 Å². The predicted octanol–water partition coefficient (Wildman–Crippen LogP) is 3.02. The Balaban J connectivity index is 1.39. The van der Waals surface area contributed by atoms with Crippen LogP contribution in [-0.4, -0.2) is 24.6 Å². The highest BCUT2D eigenvalue weighted by molar-refractivity contribution is 5.45. The summed E-state index contributed by atoms with van der Waals surface area (Å²) in [6.07, 6.45) is 5.06. The van der Waals surface area contributed by atoms with Gasteiger partial charge in [0.1, 0.15) is 24.5 Å². The Morgan fingerprint density at radius 2 is 2.00 bits per heavy atom. The Hall–Kier alpha value is -3.48. The molecule has 4 rings (SSSR count). The van der Waals surface area contributed by atoms with Crippen molar-refractivity contribution in [1.82, 2.24) is 24.6 Å². The molecule has 0 spiro atoms. The SMILES string of the molecule is Cc1cc(NCc2ccc(OCc3cccnc3)cc2)n2ncnc2n1. The molecule has 0 aliphatic heterocycles. The molecule has 7 nitrogen and oxygen atoms in total. The fraction of sp³-hybridized carbons (Fsp3) is 0.158. The first-order valence-electron chi connectivity index (χ1n) is 8.30. The first-order chi connectivity index (χ1) is 12.8. The number of hydrogen-bond donors (Lipinski definition) is 1. The van der Waals surface area contributed by atoms with E-state index in [2.05, 4.69) is 25.4 Å². The summed E-state index contributed by atoms with van der Waals surface area (Å²) >= 11 is 0. The summed E-state index contributed by atoms with van der Waals surface area (Å²) in [6.45, 7) is 3.11. The molecule has 130 valence electrons. The number of fused-ring (bicyclic) bond motifs is 1. The Morgan fingerprint density at radius 1 is 1.12 bits per heavy atom. The van der Waals surface area contributed by atoms with E-state index in [1.165, 1.54) is 6.33 Å². The van der Waals surface area contributed by atoms with Crippen molar-refractivity contribution in [2.75, 3.05) is 5.32 Å². The van der Waals surface area contributed by atoms with Crippen LogP contribution in [0.25, 0.3) is 5.78 Å². The van der Waals surface area contributed by atoms with Crippen LogP contribution in [0.4, 0.5) is 5.82 Å². The third-order valence-corrected chi connectivity index (χ3v) is 3.91. The molecule has 0 saturated carbocycles. The lowest BCUT2D eigenvalue weighted by atomic mass is 10.2. The Kier molecular flexibility index (Phi) is 4.42. The van der Waals surface area contributed by atoms with Crippen LogP contribution in [0.1, 0.15) is 16.8 Å². The van der Waals surface area contributed by atoms with Crippen molar-refractivity contribution in [2.24, 2.45) is 0 Å². The number of hydrogen-bond acceptors (Lipinski definition) is 6. The summed E-state index contributed by atoms with van der Waals surface area (Å²) in [5.74, 6) is 2.28. The van der Waals surface area contributed by atoms with Gasteiger partial charge in [0.05, 0.1) is 0 Å². The molecule has 0 fully saturated rings. The molecule has 3 aromatic heterocycles. The van der Waals surface area contributed by atoms with Gasteiger partial charge in [0.25, 0.3) is 5.78 Å². The van der Waals surface area contributed by atoms with E-state index in [-0.39, 0.29) is 0 Å². The minimum absolute atomic E-state index is 0.506. The standard InChI is InChI=1S/C19H18N6O/c1-14-9-18(25-19(24-14)22-13-23-25)21-11-15-4-6-17(7-5-15)26-12-16-3-2-8-20-10-16/h2-10,13,21H,11-12H2,1H3. The number of aryl methyl sites for hydroxylation is 1. The van der Waals surface area contributed by atoms with Gasteiger partial charge in [-0.05, 0) is 30.7 Å². The number of ether oxygens (including phenoxy) is 1. The molecule has 0 bridgehead atoms. The van der Waals surface area contributed by atoms with E-state index in [9.17, 15) is 0 Å². The number of pyridine rings is 1. The zero-order valence-corrected chi connectivity index (χ0v) is 14.3. The molecule has 7 heteroatoms. The maximum atomic E-state index is 5.78. The minimum Gasteiger partial charge on any atom is -0.489 e. The normalized spacial score (nSPS) is 10.8. The van der Waals surface area contributed by atoms with Gasteiger partial charge in [-0.25, -0.2) is 4.98 Å². The van der Waals surface area contributed by atoms with E-state index in [1.807, 2.05) is 49.4 Å². The van der Waals surface area contributed by atoms with Gasteiger partial charge in [-0.15, -0.1) is 0 Å². The monoisotopic (exact) mass is 346 g/mol. The van der Waals surface area contributed by atoms with Crippen molar-refractivity contribution >= 4 is 11.6 Å². The molecule has 0 unspecified atom stereocenters. The van der Waals surface area contributed by atoms with Crippen LogP contribution in [0, 0.1) is 6.92 Å². The maximum absolute atomic E-state index is 5.78. The third kappa shape index (κ3) is 3.61. The van der Waals surface area contributed by atoms with Crippen LogP contribution in [0.15, 0.2) is 61.2 Å². The van der Waals surface area contributed by atoms with E-state index >= 15 is 0 Å². The third-order valence-electron chi connectivity index (χ3n) is 3.91. The van der Waals surface area contributed by atoms with Gasteiger partial charge in [0.2, 0.25) is 0 Å². The summed E-state index contributed by atoms with van der Waals surface area (Å²) < 4.78 is 7.47. The zero-order chi connectivity index (χ0) is 17.8. The van der Waals surface area contributed by atoms with E-state index in [4.69, 9.17) is 4.74 Å². The molecule has 0 atom stereocenters. The van der Waals surface area contributed by atoms with Gasteiger partial charge in [-0.1, -0.05) is 18.2 Å². The fourth-order valence-electron chi connectivity index (χ4n) is 2.60. The van der Waals surface area contributed by atoms with E-state index < -0.39 is 0 Å². The second-order valence-corrected chi connectivity index (χ2v) is 5.90. The molecule has 3 heterocycles. The number of nitrogens with one attached hydrogen (secondary N) is 1. The first kappa shape index (κ1) is 16.0. The van der Waals surface area contributed by atoms with Crippen LogP contribution in [-0.2, 0) is 13.2 Å². The molecular formula is C19H18N6O. The van der Waals surface area contributed by atoms with Crippen molar-refractivity contribution in [1.29, 1.82) is 0 Å². The second-order valence-electron chi connectivity index (χ2n) is 5.90. The van der Waals surface area contributed by atoms with Crippen molar-refractivity contribution < 1.29 is 4.74 Å². The molecule has 1 N–H and O–H groups in total. The predicted molar refractivity (Wildman–Crippen MR) is 97.9 cm³/mol. The number of rotatable bonds is 6. The Bertz CT molecular complexity index is 998. The highest BCUT2D eigenvalue weighted by atomic mass is 16.5. The lowest BCUT2D eigenvalue weighted by molar-refractivity contribution is 0.305. The topological polar surface area (TPSA) is 77.2 Å². The molecule has 4 aromatic rings. The largest absolute Gasteiger partial charge is 0.489 e. The van der Waals surface area contributed by atoms with E-state index in [0.717, 1.165) is 28.4 Å². The van der Waals surface area contributed by atoms with Crippen molar-refractivity contribution in [3.8, 4) is 5.75 Å². The second kappa shape index (κ2) is 7.18. The number of nitrogens with zero attached hydrogens (tertiary/aromatic N) is 5. The highest BCUT2D eigenvalue weighted by Crippen LogP contribution is 2.16. The van der Waals surface area contributed by atoms with E-state index in [0.29, 0.717) is 18.9 Å². The van der Waals surface area contributed by atoms with Crippen LogP contribution in [0.2, 0.25) is 0 Å². The summed E-state index contributed by atoms with van der Waals surface area (Å²) in [5.41, 5.74) is 3.08. The van der Waals surface area contributed by atoms with Crippen molar-refractivity contribution in [3.63, 3.8) is 0 Å². The van der Waals surface area contributed by atoms with Gasteiger partial charge in [0.15, 0.2) is 0 Å². The highest BCUT2D eigenvalue weighted by Gasteiger charge is 2.05. The average molecular weight is 346 g/mol. The van der Waals surface area contributed by atoms with Gasteiger partial charge < -0.3 is 10.1 Å².